The summed E-state index contributed by atoms with van der Waals surface area (Å²) in [5.41, 5.74) is 0.101. The van der Waals surface area contributed by atoms with Crippen LogP contribution in [0, 0.1) is 12.8 Å². The highest BCUT2D eigenvalue weighted by molar-refractivity contribution is 5.91. The van der Waals surface area contributed by atoms with Crippen LogP contribution in [0.1, 0.15) is 108 Å². The number of aromatic amines is 1. The molecule has 0 saturated carbocycles. The predicted octanol–water partition coefficient (Wildman–Crippen LogP) is 5.43. The van der Waals surface area contributed by atoms with Crippen molar-refractivity contribution in [1.82, 2.24) is 14.9 Å². The molecule has 67 heavy (non-hydrogen) atoms. The van der Waals surface area contributed by atoms with E-state index in [-0.39, 0.29) is 31.1 Å². The second-order valence-electron chi connectivity index (χ2n) is 16.7. The zero-order valence-corrected chi connectivity index (χ0v) is 38.1. The van der Waals surface area contributed by atoms with Gasteiger partial charge in [-0.15, -0.1) is 0 Å². The molecule has 17 nitrogen and oxygen atoms in total. The predicted molar refractivity (Wildman–Crippen MR) is 243 cm³/mol. The summed E-state index contributed by atoms with van der Waals surface area (Å²) in [5.74, 6) is -2.69. The quantitative estimate of drug-likeness (QED) is 0.0480. The van der Waals surface area contributed by atoms with Crippen LogP contribution in [-0.2, 0) is 38.0 Å². The molecular weight excluding hydrogens is 867 g/mol. The van der Waals surface area contributed by atoms with Crippen LogP contribution in [0.15, 0.2) is 107 Å². The molecule has 1 unspecified atom stereocenters. The van der Waals surface area contributed by atoms with Gasteiger partial charge in [0.2, 0.25) is 5.91 Å². The lowest BCUT2D eigenvalue weighted by atomic mass is 9.91. The van der Waals surface area contributed by atoms with Crippen molar-refractivity contribution in [1.29, 1.82) is 0 Å². The summed E-state index contributed by atoms with van der Waals surface area (Å²) in [6.07, 6.45) is -1.08. The molecule has 9 atom stereocenters. The minimum Gasteiger partial charge on any atom is -0.459 e. The van der Waals surface area contributed by atoms with E-state index in [1.807, 2.05) is 6.92 Å². The van der Waals surface area contributed by atoms with Crippen LogP contribution in [0.4, 0.5) is 0 Å². The van der Waals surface area contributed by atoms with Gasteiger partial charge in [-0.1, -0.05) is 81.3 Å². The smallest absolute Gasteiger partial charge is 0.338 e. The van der Waals surface area contributed by atoms with Crippen molar-refractivity contribution in [3.63, 3.8) is 0 Å². The average molecular weight is 928 g/mol. The van der Waals surface area contributed by atoms with Crippen molar-refractivity contribution in [2.75, 3.05) is 26.4 Å². The zero-order valence-electron chi connectivity index (χ0n) is 38.1. The fraction of sp³-hybridized carbons (Fsp3) is 0.480. The Labute approximate surface area is 389 Å². The first kappa shape index (κ1) is 50.4. The third-order valence-electron chi connectivity index (χ3n) is 11.8. The maximum absolute atomic E-state index is 13.5. The molecule has 6 rings (SSSR count). The van der Waals surface area contributed by atoms with E-state index in [9.17, 15) is 33.9 Å². The van der Waals surface area contributed by atoms with E-state index in [1.54, 1.807) is 105 Å². The van der Waals surface area contributed by atoms with E-state index in [0.29, 0.717) is 55.5 Å². The molecule has 2 aliphatic rings. The number of rotatable bonds is 23. The molecule has 0 spiro atoms. The van der Waals surface area contributed by atoms with Gasteiger partial charge >= 0.3 is 23.6 Å². The summed E-state index contributed by atoms with van der Waals surface area (Å²) in [6, 6.07) is 25.2. The van der Waals surface area contributed by atoms with E-state index >= 15 is 0 Å². The fourth-order valence-electron chi connectivity index (χ4n) is 7.97. The van der Waals surface area contributed by atoms with Gasteiger partial charge in [0, 0.05) is 43.9 Å². The second-order valence-corrected chi connectivity index (χ2v) is 16.7. The summed E-state index contributed by atoms with van der Waals surface area (Å²) in [7, 11) is 0. The summed E-state index contributed by atoms with van der Waals surface area (Å²) >= 11 is 0. The van der Waals surface area contributed by atoms with Crippen molar-refractivity contribution >= 4 is 23.8 Å². The molecule has 1 aromatic heterocycles. The van der Waals surface area contributed by atoms with Gasteiger partial charge < -0.3 is 43.6 Å². The number of H-pyrrole nitrogens is 1. The Morgan fingerprint density at radius 3 is 1.90 bits per heavy atom. The minimum absolute atomic E-state index is 0.0960. The summed E-state index contributed by atoms with van der Waals surface area (Å²) in [6.45, 7) is 5.90. The van der Waals surface area contributed by atoms with Gasteiger partial charge in [0.25, 0.3) is 5.56 Å². The number of ether oxygens (including phenoxy) is 7. The molecule has 3 N–H and O–H groups in total. The Hall–Kier alpha value is -5.98. The molecule has 0 aliphatic carbocycles. The van der Waals surface area contributed by atoms with Crippen LogP contribution in [0.5, 0.6) is 0 Å². The normalized spacial score (nSPS) is 23.6. The highest BCUT2D eigenvalue weighted by Gasteiger charge is 2.50. The molecule has 4 aromatic rings. The first-order valence-electron chi connectivity index (χ1n) is 23.0. The molecule has 2 aliphatic heterocycles. The van der Waals surface area contributed by atoms with E-state index in [0.717, 1.165) is 19.3 Å². The van der Waals surface area contributed by atoms with Gasteiger partial charge in [0.1, 0.15) is 31.0 Å². The number of hydrogen-bond acceptors (Lipinski definition) is 14. The SMILES string of the molecule is CC[C@H]1O[C@@H](n2cc(C)c(=O)[nH]c2=O)[C@@H](OCCCCCCNC(=O)CCCCO[C@@H]2O[C@H](COC(=O)c3ccccc3)[C@H](OC(=O)c3ccccc3)[C@H](OC(=O)c3ccccc3)[C@H]2C)C1O. The number of hydrogen-bond donors (Lipinski definition) is 3. The van der Waals surface area contributed by atoms with E-state index in [1.165, 1.54) is 10.8 Å². The van der Waals surface area contributed by atoms with Crippen LogP contribution in [-0.4, -0.2) is 108 Å². The van der Waals surface area contributed by atoms with Crippen molar-refractivity contribution in [2.45, 2.75) is 121 Å². The van der Waals surface area contributed by atoms with Crippen LogP contribution in [0.25, 0.3) is 0 Å². The Balaban J connectivity index is 0.956. The summed E-state index contributed by atoms with van der Waals surface area (Å²) in [5, 5.41) is 13.8. The second kappa shape index (κ2) is 25.2. The van der Waals surface area contributed by atoms with Crippen LogP contribution in [0.3, 0.4) is 0 Å². The van der Waals surface area contributed by atoms with Gasteiger partial charge in [-0.2, -0.15) is 0 Å². The maximum atomic E-state index is 13.5. The molecule has 17 heteroatoms. The van der Waals surface area contributed by atoms with E-state index < -0.39 is 84.2 Å². The number of aliphatic hydroxyl groups is 1. The standard InChI is InChI=1S/C50H61N3O14/c1-4-37-40(55)43(45(64-37)53-30-32(2)44(56)52-50(53)60)61-28-18-6-5-17-27-51-39(54)26-16-19-29-62-49-33(3)41(66-47(58)35-22-12-8-13-23-35)42(67-48(59)36-24-14-9-15-25-36)38(65-49)31-63-46(57)34-20-10-7-11-21-34/h7-15,20-25,30,33,37-38,40-43,45,49,55H,4-6,16-19,26-29,31H2,1-3H3,(H,51,54)(H,52,56,60)/t33-,37-,38-,40?,41-,42+,43+,45-,49-/m1/s1. The Morgan fingerprint density at radius 2 is 1.27 bits per heavy atom. The number of aromatic nitrogens is 2. The zero-order chi connectivity index (χ0) is 47.7. The average Bonchev–Trinajstić information content (AvgIpc) is 3.66. The monoisotopic (exact) mass is 927 g/mol. The van der Waals surface area contributed by atoms with Crippen molar-refractivity contribution in [3.8, 4) is 0 Å². The number of amides is 1. The third-order valence-corrected chi connectivity index (χ3v) is 11.8. The van der Waals surface area contributed by atoms with Gasteiger partial charge in [0.15, 0.2) is 18.6 Å². The largest absolute Gasteiger partial charge is 0.459 e. The van der Waals surface area contributed by atoms with E-state index in [2.05, 4.69) is 10.3 Å². The number of aliphatic hydroxyl groups excluding tert-OH is 1. The maximum Gasteiger partial charge on any atom is 0.338 e. The third kappa shape index (κ3) is 14.0. The molecule has 2 saturated heterocycles. The molecule has 2 fully saturated rings. The van der Waals surface area contributed by atoms with Crippen molar-refractivity contribution < 1.29 is 57.4 Å². The van der Waals surface area contributed by atoms with Gasteiger partial charge in [0.05, 0.1) is 22.8 Å². The number of benzene rings is 3. The number of carbonyl (C=O) groups excluding carboxylic acids is 4. The van der Waals surface area contributed by atoms with Gasteiger partial charge in [-0.05, 0) is 75.4 Å². The number of carbonyl (C=O) groups is 4. The van der Waals surface area contributed by atoms with Crippen molar-refractivity contribution in [3.05, 3.63) is 140 Å². The van der Waals surface area contributed by atoms with E-state index in [4.69, 9.17) is 33.2 Å². The van der Waals surface area contributed by atoms with Crippen LogP contribution in [0.2, 0.25) is 0 Å². The van der Waals surface area contributed by atoms with Gasteiger partial charge in [-0.3, -0.25) is 19.1 Å². The first-order chi connectivity index (χ1) is 32.4. The van der Waals surface area contributed by atoms with Crippen molar-refractivity contribution in [2.24, 2.45) is 5.92 Å². The van der Waals surface area contributed by atoms with Crippen LogP contribution >= 0.6 is 0 Å². The fourth-order valence-corrected chi connectivity index (χ4v) is 7.97. The number of nitrogens with one attached hydrogen (secondary N) is 2. The molecule has 360 valence electrons. The highest BCUT2D eigenvalue weighted by Crippen LogP contribution is 2.34. The highest BCUT2D eigenvalue weighted by atomic mass is 16.7. The molecule has 3 heterocycles. The van der Waals surface area contributed by atoms with Gasteiger partial charge in [-0.25, -0.2) is 19.2 Å². The number of unbranched alkanes of at least 4 members (excludes halogenated alkanes) is 4. The Kier molecular flexibility index (Phi) is 19.0. The number of aryl methyl sites for hydroxylation is 1. The van der Waals surface area contributed by atoms with Crippen LogP contribution < -0.4 is 16.6 Å². The first-order valence-corrected chi connectivity index (χ1v) is 23.0. The molecule has 1 amide bonds. The lowest BCUT2D eigenvalue weighted by molar-refractivity contribution is -0.281. The molecular formula is C50H61N3O14. The lowest BCUT2D eigenvalue weighted by Crippen LogP contribution is -2.58. The summed E-state index contributed by atoms with van der Waals surface area (Å²) in [4.78, 5) is 79.4. The Morgan fingerprint density at radius 1 is 0.701 bits per heavy atom. The topological polar surface area (TPSA) is 220 Å². The number of nitrogens with zero attached hydrogens (tertiary/aromatic N) is 1. The molecule has 3 aromatic carbocycles. The lowest BCUT2D eigenvalue weighted by Gasteiger charge is -2.44. The number of esters is 3. The summed E-state index contributed by atoms with van der Waals surface area (Å²) < 4.78 is 43.6. The molecule has 0 bridgehead atoms. The molecule has 0 radical (unpaired) electrons. The Bertz CT molecular complexity index is 2320. The minimum atomic E-state index is -1.19.